The van der Waals surface area contributed by atoms with Crippen LogP contribution in [-0.2, 0) is 4.79 Å². The number of halogens is 3. The molecule has 1 aromatic rings. The Morgan fingerprint density at radius 3 is 2.48 bits per heavy atom. The molecule has 1 saturated heterocycles. The highest BCUT2D eigenvalue weighted by molar-refractivity contribution is 5.80. The van der Waals surface area contributed by atoms with Gasteiger partial charge in [0.1, 0.15) is 6.54 Å². The third-order valence-corrected chi connectivity index (χ3v) is 3.03. The summed E-state index contributed by atoms with van der Waals surface area (Å²) in [6, 6.07) is 5.03. The topological polar surface area (TPSA) is 75.5 Å². The van der Waals surface area contributed by atoms with Gasteiger partial charge in [0.2, 0.25) is 5.91 Å². The van der Waals surface area contributed by atoms with Crippen molar-refractivity contribution in [3.63, 3.8) is 0 Å². The van der Waals surface area contributed by atoms with Gasteiger partial charge < -0.3 is 10.2 Å². The summed E-state index contributed by atoms with van der Waals surface area (Å²) >= 11 is 0. The van der Waals surface area contributed by atoms with E-state index in [1.54, 1.807) is 0 Å². The predicted molar refractivity (Wildman–Crippen MR) is 67.8 cm³/mol. The van der Waals surface area contributed by atoms with Crippen LogP contribution >= 0.6 is 0 Å². The lowest BCUT2D eigenvalue weighted by molar-refractivity contribution is -0.384. The molecule has 0 radical (unpaired) electrons. The van der Waals surface area contributed by atoms with Crippen LogP contribution in [0.5, 0.6) is 0 Å². The lowest BCUT2D eigenvalue weighted by Crippen LogP contribution is -2.36. The fraction of sp³-hybridized carbons (Fsp3) is 0.417. The van der Waals surface area contributed by atoms with E-state index < -0.39 is 29.6 Å². The lowest BCUT2D eigenvalue weighted by Gasteiger charge is -2.19. The number of nitrogens with zero attached hydrogens (tertiary/aromatic N) is 2. The Kier molecular flexibility index (Phi) is 4.01. The normalized spacial score (nSPS) is 18.9. The van der Waals surface area contributed by atoms with Crippen molar-refractivity contribution in [1.82, 2.24) is 4.90 Å². The maximum atomic E-state index is 12.3. The van der Waals surface area contributed by atoms with E-state index in [-0.39, 0.29) is 18.7 Å². The first kappa shape index (κ1) is 15.1. The molecule has 114 valence electrons. The van der Waals surface area contributed by atoms with Gasteiger partial charge >= 0.3 is 6.18 Å². The molecular formula is C12H12F3N3O3. The van der Waals surface area contributed by atoms with Crippen molar-refractivity contribution in [1.29, 1.82) is 0 Å². The molecule has 1 aliphatic rings. The van der Waals surface area contributed by atoms with Crippen LogP contribution in [0.3, 0.4) is 0 Å². The molecule has 0 spiro atoms. The minimum absolute atomic E-state index is 0.0347. The largest absolute Gasteiger partial charge is 0.406 e. The van der Waals surface area contributed by atoms with Gasteiger partial charge in [0.25, 0.3) is 5.69 Å². The molecule has 0 aliphatic carbocycles. The van der Waals surface area contributed by atoms with Gasteiger partial charge in [-0.15, -0.1) is 0 Å². The highest BCUT2D eigenvalue weighted by Gasteiger charge is 2.38. The van der Waals surface area contributed by atoms with Crippen molar-refractivity contribution >= 4 is 17.3 Å². The van der Waals surface area contributed by atoms with Gasteiger partial charge in [-0.1, -0.05) is 0 Å². The molecule has 6 nitrogen and oxygen atoms in total. The quantitative estimate of drug-likeness (QED) is 0.683. The predicted octanol–water partition coefficient (Wildman–Crippen LogP) is 2.17. The van der Waals surface area contributed by atoms with E-state index in [0.717, 1.165) is 4.90 Å². The molecule has 2 rings (SSSR count). The molecule has 0 aromatic heterocycles. The van der Waals surface area contributed by atoms with E-state index in [1.165, 1.54) is 24.3 Å². The Morgan fingerprint density at radius 1 is 1.33 bits per heavy atom. The molecule has 0 saturated carbocycles. The first-order chi connectivity index (χ1) is 9.74. The SMILES string of the molecule is O=C1C[C@H](Nc2ccc([N+](=O)[O-])cc2)CN1CC(F)(F)F. The van der Waals surface area contributed by atoms with Crippen LogP contribution in [0.4, 0.5) is 24.5 Å². The number of carbonyl (C=O) groups excluding carboxylic acids is 1. The van der Waals surface area contributed by atoms with Gasteiger partial charge in [0, 0.05) is 30.8 Å². The molecule has 0 unspecified atom stereocenters. The summed E-state index contributed by atoms with van der Waals surface area (Å²) in [5.74, 6) is -0.563. The monoisotopic (exact) mass is 303 g/mol. The molecular weight excluding hydrogens is 291 g/mol. The molecule has 1 atom stereocenters. The number of nitro groups is 1. The Bertz CT molecular complexity index is 545. The number of rotatable bonds is 4. The summed E-state index contributed by atoms with van der Waals surface area (Å²) in [6.07, 6.45) is -4.45. The number of alkyl halides is 3. The molecule has 1 heterocycles. The standard InChI is InChI=1S/C12H12F3N3O3/c13-12(14,15)7-17-6-9(5-11(17)19)16-8-1-3-10(4-2-8)18(20)21/h1-4,9,16H,5-7H2/t9-/m0/s1. The number of amides is 1. The van der Waals surface area contributed by atoms with E-state index in [0.29, 0.717) is 5.69 Å². The zero-order chi connectivity index (χ0) is 15.6. The van der Waals surface area contributed by atoms with E-state index in [1.807, 2.05) is 0 Å². The minimum Gasteiger partial charge on any atom is -0.380 e. The number of non-ortho nitro benzene ring substituents is 1. The number of anilines is 1. The Hall–Kier alpha value is -2.32. The second-order valence-electron chi connectivity index (χ2n) is 4.74. The molecule has 0 bridgehead atoms. The van der Waals surface area contributed by atoms with E-state index in [4.69, 9.17) is 0 Å². The highest BCUT2D eigenvalue weighted by Crippen LogP contribution is 2.23. The van der Waals surface area contributed by atoms with Gasteiger partial charge in [0.05, 0.1) is 11.0 Å². The fourth-order valence-corrected chi connectivity index (χ4v) is 2.15. The third-order valence-electron chi connectivity index (χ3n) is 3.03. The van der Waals surface area contributed by atoms with E-state index in [9.17, 15) is 28.1 Å². The van der Waals surface area contributed by atoms with Crippen molar-refractivity contribution in [2.75, 3.05) is 18.4 Å². The minimum atomic E-state index is -4.42. The second kappa shape index (κ2) is 5.58. The third kappa shape index (κ3) is 4.07. The fourth-order valence-electron chi connectivity index (χ4n) is 2.15. The number of benzene rings is 1. The molecule has 1 fully saturated rings. The summed E-state index contributed by atoms with van der Waals surface area (Å²) < 4.78 is 36.8. The van der Waals surface area contributed by atoms with Crippen LogP contribution in [0.1, 0.15) is 6.42 Å². The molecule has 1 amide bonds. The Labute approximate surface area is 117 Å². The smallest absolute Gasteiger partial charge is 0.380 e. The number of carbonyl (C=O) groups is 1. The Balaban J connectivity index is 1.95. The maximum absolute atomic E-state index is 12.3. The molecule has 1 N–H and O–H groups in total. The highest BCUT2D eigenvalue weighted by atomic mass is 19.4. The summed E-state index contributed by atoms with van der Waals surface area (Å²) in [4.78, 5) is 22.2. The molecule has 9 heteroatoms. The van der Waals surface area contributed by atoms with Gasteiger partial charge in [0.15, 0.2) is 0 Å². The summed E-state index contributed by atoms with van der Waals surface area (Å²) in [5, 5.41) is 13.4. The lowest BCUT2D eigenvalue weighted by atomic mass is 10.2. The van der Waals surface area contributed by atoms with Gasteiger partial charge in [-0.3, -0.25) is 14.9 Å². The average molecular weight is 303 g/mol. The number of likely N-dealkylation sites (tertiary alicyclic amines) is 1. The van der Waals surface area contributed by atoms with E-state index >= 15 is 0 Å². The van der Waals surface area contributed by atoms with Gasteiger partial charge in [-0.05, 0) is 12.1 Å². The van der Waals surface area contributed by atoms with Crippen LogP contribution in [0.2, 0.25) is 0 Å². The van der Waals surface area contributed by atoms with Crippen LogP contribution in [0.25, 0.3) is 0 Å². The van der Waals surface area contributed by atoms with Crippen molar-refractivity contribution in [2.24, 2.45) is 0 Å². The van der Waals surface area contributed by atoms with Crippen LogP contribution in [0.15, 0.2) is 24.3 Å². The van der Waals surface area contributed by atoms with Crippen LogP contribution < -0.4 is 5.32 Å². The molecule has 21 heavy (non-hydrogen) atoms. The number of hydrogen-bond donors (Lipinski definition) is 1. The van der Waals surface area contributed by atoms with Gasteiger partial charge in [-0.25, -0.2) is 0 Å². The summed E-state index contributed by atoms with van der Waals surface area (Å²) in [5.41, 5.74) is 0.439. The first-order valence-corrected chi connectivity index (χ1v) is 6.10. The number of nitrogens with one attached hydrogen (secondary N) is 1. The zero-order valence-electron chi connectivity index (χ0n) is 10.8. The van der Waals surface area contributed by atoms with Crippen LogP contribution in [-0.4, -0.2) is 41.0 Å². The summed E-state index contributed by atoms with van der Waals surface area (Å²) in [7, 11) is 0. The van der Waals surface area contributed by atoms with Crippen molar-refractivity contribution in [2.45, 2.75) is 18.6 Å². The first-order valence-electron chi connectivity index (χ1n) is 6.10. The second-order valence-corrected chi connectivity index (χ2v) is 4.74. The van der Waals surface area contributed by atoms with E-state index in [2.05, 4.69) is 5.32 Å². The number of hydrogen-bond acceptors (Lipinski definition) is 4. The van der Waals surface area contributed by atoms with Crippen molar-refractivity contribution in [3.05, 3.63) is 34.4 Å². The summed E-state index contributed by atoms with van der Waals surface area (Å²) in [6.45, 7) is -1.31. The Morgan fingerprint density at radius 2 is 1.95 bits per heavy atom. The van der Waals surface area contributed by atoms with Crippen molar-refractivity contribution < 1.29 is 22.9 Å². The zero-order valence-corrected chi connectivity index (χ0v) is 10.8. The molecule has 1 aliphatic heterocycles. The van der Waals surface area contributed by atoms with Crippen LogP contribution in [0, 0.1) is 10.1 Å². The molecule has 1 aromatic carbocycles. The van der Waals surface area contributed by atoms with Gasteiger partial charge in [-0.2, -0.15) is 13.2 Å². The average Bonchev–Trinajstić information content (AvgIpc) is 2.68. The number of nitro benzene ring substituents is 1. The van der Waals surface area contributed by atoms with Crippen molar-refractivity contribution in [3.8, 4) is 0 Å². The maximum Gasteiger partial charge on any atom is 0.406 e.